The minimum absolute atomic E-state index is 0.0944. The summed E-state index contributed by atoms with van der Waals surface area (Å²) in [5, 5.41) is 7.43. The predicted octanol–water partition coefficient (Wildman–Crippen LogP) is 2.64. The molecule has 7 nitrogen and oxygen atoms in total. The Balaban J connectivity index is 1.47. The summed E-state index contributed by atoms with van der Waals surface area (Å²) < 4.78 is 5.21. The lowest BCUT2D eigenvalue weighted by Crippen LogP contribution is -2.49. The van der Waals surface area contributed by atoms with Crippen LogP contribution < -0.4 is 5.32 Å². The van der Waals surface area contributed by atoms with E-state index in [0.717, 1.165) is 31.0 Å². The molecule has 24 heavy (non-hydrogen) atoms. The monoisotopic (exact) mass is 349 g/mol. The maximum Gasteiger partial charge on any atom is 0.321 e. The van der Waals surface area contributed by atoms with E-state index in [9.17, 15) is 4.79 Å². The maximum absolute atomic E-state index is 12.3. The lowest BCUT2D eigenvalue weighted by atomic mass is 10.3. The number of aryl methyl sites for hydroxylation is 1. The molecule has 1 fully saturated rings. The van der Waals surface area contributed by atoms with Gasteiger partial charge in [0, 0.05) is 43.3 Å². The number of nitrogens with zero attached hydrogens (tertiary/aromatic N) is 4. The molecule has 0 aliphatic carbocycles. The number of nitrogens with one attached hydrogen (secondary N) is 1. The lowest BCUT2D eigenvalue weighted by Gasteiger charge is -2.33. The Morgan fingerprint density at radius 3 is 2.58 bits per heavy atom. The number of halogens is 1. The van der Waals surface area contributed by atoms with Crippen LogP contribution in [-0.4, -0.2) is 52.2 Å². The van der Waals surface area contributed by atoms with Crippen LogP contribution in [0.4, 0.5) is 10.5 Å². The largest absolute Gasteiger partial charge is 0.338 e. The molecule has 2 heterocycles. The number of benzene rings is 1. The second-order valence-electron chi connectivity index (χ2n) is 5.66. The third kappa shape index (κ3) is 4.24. The summed E-state index contributed by atoms with van der Waals surface area (Å²) >= 11 is 5.84. The first-order valence-corrected chi connectivity index (χ1v) is 8.37. The van der Waals surface area contributed by atoms with Crippen molar-refractivity contribution in [3.05, 3.63) is 41.0 Å². The Kier molecular flexibility index (Phi) is 5.32. The molecule has 128 valence electrons. The smallest absolute Gasteiger partial charge is 0.321 e. The number of anilines is 1. The van der Waals surface area contributed by atoms with Gasteiger partial charge >= 0.3 is 6.03 Å². The van der Waals surface area contributed by atoms with Crippen molar-refractivity contribution >= 4 is 23.3 Å². The molecule has 0 bridgehead atoms. The second kappa shape index (κ2) is 7.63. The number of aromatic nitrogens is 2. The number of carbonyl (C=O) groups excluding carboxylic acids is 1. The van der Waals surface area contributed by atoms with Crippen LogP contribution in [0, 0.1) is 0 Å². The molecule has 1 N–H and O–H groups in total. The van der Waals surface area contributed by atoms with Gasteiger partial charge in [0.05, 0.1) is 6.54 Å². The van der Waals surface area contributed by atoms with E-state index in [0.29, 0.717) is 30.5 Å². The molecule has 0 spiro atoms. The zero-order valence-corrected chi connectivity index (χ0v) is 14.3. The number of urea groups is 1. The highest BCUT2D eigenvalue weighted by Crippen LogP contribution is 2.15. The highest BCUT2D eigenvalue weighted by atomic mass is 35.5. The number of rotatable bonds is 4. The first-order valence-electron chi connectivity index (χ1n) is 7.99. The summed E-state index contributed by atoms with van der Waals surface area (Å²) in [7, 11) is 0. The van der Waals surface area contributed by atoms with Crippen molar-refractivity contribution in [3.8, 4) is 0 Å². The van der Waals surface area contributed by atoms with E-state index in [2.05, 4.69) is 20.4 Å². The van der Waals surface area contributed by atoms with Crippen LogP contribution in [0.5, 0.6) is 0 Å². The van der Waals surface area contributed by atoms with E-state index in [-0.39, 0.29) is 6.03 Å². The van der Waals surface area contributed by atoms with E-state index in [4.69, 9.17) is 16.1 Å². The molecule has 0 unspecified atom stereocenters. The average Bonchev–Trinajstić information content (AvgIpc) is 3.05. The minimum Gasteiger partial charge on any atom is -0.338 e. The molecule has 1 aromatic heterocycles. The van der Waals surface area contributed by atoms with Crippen molar-refractivity contribution in [2.24, 2.45) is 0 Å². The molecular formula is C16H20ClN5O2. The van der Waals surface area contributed by atoms with E-state index in [1.165, 1.54) is 0 Å². The molecule has 2 aromatic rings. The Labute approximate surface area is 145 Å². The van der Waals surface area contributed by atoms with Gasteiger partial charge in [-0.25, -0.2) is 4.79 Å². The molecule has 0 saturated carbocycles. The van der Waals surface area contributed by atoms with Crippen LogP contribution in [0.1, 0.15) is 18.6 Å². The summed E-state index contributed by atoms with van der Waals surface area (Å²) in [6, 6.07) is 6.99. The normalized spacial score (nSPS) is 15.5. The Morgan fingerprint density at radius 1 is 1.25 bits per heavy atom. The Hall–Kier alpha value is -2.12. The van der Waals surface area contributed by atoms with Gasteiger partial charge in [-0.3, -0.25) is 4.90 Å². The van der Waals surface area contributed by atoms with Crippen LogP contribution in [0.25, 0.3) is 0 Å². The fourth-order valence-corrected chi connectivity index (χ4v) is 2.66. The molecule has 2 amide bonds. The van der Waals surface area contributed by atoms with Crippen LogP contribution in [0.2, 0.25) is 5.02 Å². The molecule has 0 atom stereocenters. The first kappa shape index (κ1) is 16.7. The Bertz CT molecular complexity index is 680. The van der Waals surface area contributed by atoms with Gasteiger partial charge in [-0.1, -0.05) is 23.7 Å². The first-order chi connectivity index (χ1) is 11.6. The molecule has 8 heteroatoms. The Morgan fingerprint density at radius 2 is 1.96 bits per heavy atom. The van der Waals surface area contributed by atoms with Gasteiger partial charge in [-0.05, 0) is 24.3 Å². The topological polar surface area (TPSA) is 74.5 Å². The number of hydrogen-bond acceptors (Lipinski definition) is 5. The lowest BCUT2D eigenvalue weighted by molar-refractivity contribution is 0.133. The van der Waals surface area contributed by atoms with Crippen molar-refractivity contribution in [1.29, 1.82) is 0 Å². The highest BCUT2D eigenvalue weighted by molar-refractivity contribution is 6.30. The molecule has 1 aliphatic rings. The zero-order valence-electron chi connectivity index (χ0n) is 13.5. The van der Waals surface area contributed by atoms with Crippen LogP contribution in [-0.2, 0) is 13.0 Å². The number of piperazine rings is 1. The third-order valence-electron chi connectivity index (χ3n) is 3.94. The van der Waals surface area contributed by atoms with E-state index >= 15 is 0 Å². The van der Waals surface area contributed by atoms with Gasteiger partial charge < -0.3 is 14.7 Å². The number of hydrogen-bond donors (Lipinski definition) is 1. The number of amides is 2. The predicted molar refractivity (Wildman–Crippen MR) is 91.0 cm³/mol. The van der Waals surface area contributed by atoms with Crippen LogP contribution >= 0.6 is 11.6 Å². The molecule has 1 saturated heterocycles. The average molecular weight is 350 g/mol. The van der Waals surface area contributed by atoms with Gasteiger partial charge in [0.25, 0.3) is 0 Å². The molecule has 3 rings (SSSR count). The fraction of sp³-hybridized carbons (Fsp3) is 0.438. The molecular weight excluding hydrogens is 330 g/mol. The van der Waals surface area contributed by atoms with Gasteiger partial charge in [0.2, 0.25) is 5.89 Å². The number of carbonyl (C=O) groups is 1. The van der Waals surface area contributed by atoms with E-state index in [1.54, 1.807) is 29.2 Å². The highest BCUT2D eigenvalue weighted by Gasteiger charge is 2.22. The van der Waals surface area contributed by atoms with Crippen molar-refractivity contribution in [1.82, 2.24) is 19.9 Å². The maximum atomic E-state index is 12.3. The SMILES string of the molecule is CCc1noc(CN2CCN(C(=O)Nc3ccc(Cl)cc3)CC2)n1. The van der Waals surface area contributed by atoms with Crippen molar-refractivity contribution in [2.45, 2.75) is 19.9 Å². The van der Waals surface area contributed by atoms with E-state index < -0.39 is 0 Å². The van der Waals surface area contributed by atoms with Crippen LogP contribution in [0.15, 0.2) is 28.8 Å². The minimum atomic E-state index is -0.0944. The van der Waals surface area contributed by atoms with Gasteiger partial charge in [0.15, 0.2) is 5.82 Å². The van der Waals surface area contributed by atoms with Crippen molar-refractivity contribution in [3.63, 3.8) is 0 Å². The van der Waals surface area contributed by atoms with Gasteiger partial charge in [0.1, 0.15) is 0 Å². The summed E-state index contributed by atoms with van der Waals surface area (Å²) in [5.41, 5.74) is 0.741. The standard InChI is InChI=1S/C16H20ClN5O2/c1-2-14-19-15(24-20-14)11-21-7-9-22(10-8-21)16(23)18-13-5-3-12(17)4-6-13/h3-6H,2,7-11H2,1H3,(H,18,23). The molecule has 1 aromatic carbocycles. The summed E-state index contributed by atoms with van der Waals surface area (Å²) in [4.78, 5) is 20.6. The van der Waals surface area contributed by atoms with Gasteiger partial charge in [-0.15, -0.1) is 0 Å². The third-order valence-corrected chi connectivity index (χ3v) is 4.19. The van der Waals surface area contributed by atoms with Crippen LogP contribution in [0.3, 0.4) is 0 Å². The zero-order chi connectivity index (χ0) is 16.9. The van der Waals surface area contributed by atoms with E-state index in [1.807, 2.05) is 6.92 Å². The van der Waals surface area contributed by atoms with Crippen molar-refractivity contribution in [2.75, 3.05) is 31.5 Å². The van der Waals surface area contributed by atoms with Gasteiger partial charge in [-0.2, -0.15) is 4.98 Å². The van der Waals surface area contributed by atoms with Crippen molar-refractivity contribution < 1.29 is 9.32 Å². The molecule has 1 aliphatic heterocycles. The summed E-state index contributed by atoms with van der Waals surface area (Å²) in [6.45, 7) is 5.49. The quantitative estimate of drug-likeness (QED) is 0.918. The fourth-order valence-electron chi connectivity index (χ4n) is 2.53. The second-order valence-corrected chi connectivity index (χ2v) is 6.09. The molecule has 0 radical (unpaired) electrons. The summed E-state index contributed by atoms with van der Waals surface area (Å²) in [6.07, 6.45) is 0.766. The summed E-state index contributed by atoms with van der Waals surface area (Å²) in [5.74, 6) is 1.36.